The first kappa shape index (κ1) is 20.6. The van der Waals surface area contributed by atoms with Crippen LogP contribution >= 0.6 is 0 Å². The van der Waals surface area contributed by atoms with E-state index in [1.807, 2.05) is 0 Å². The normalized spacial score (nSPS) is 15.2. The lowest BCUT2D eigenvalue weighted by Gasteiger charge is -2.26. The van der Waals surface area contributed by atoms with Gasteiger partial charge in [0.15, 0.2) is 0 Å². The van der Waals surface area contributed by atoms with Crippen molar-refractivity contribution in [2.24, 2.45) is 0 Å². The van der Waals surface area contributed by atoms with Crippen LogP contribution in [0.2, 0.25) is 0 Å². The zero-order chi connectivity index (χ0) is 21.8. The van der Waals surface area contributed by atoms with Gasteiger partial charge in [-0.15, -0.1) is 0 Å². The maximum atomic E-state index is 12.9. The van der Waals surface area contributed by atoms with E-state index in [1.54, 1.807) is 13.0 Å². The maximum absolute atomic E-state index is 12.9. The van der Waals surface area contributed by atoms with Crippen molar-refractivity contribution in [1.29, 1.82) is 0 Å². The number of amides is 4. The molecule has 2 N–H and O–H groups in total. The molecule has 1 saturated heterocycles. The van der Waals surface area contributed by atoms with Gasteiger partial charge < -0.3 is 14.6 Å². The van der Waals surface area contributed by atoms with Gasteiger partial charge in [-0.25, -0.2) is 14.5 Å². The van der Waals surface area contributed by atoms with Crippen LogP contribution in [0.1, 0.15) is 22.8 Å². The molecule has 30 heavy (non-hydrogen) atoms. The van der Waals surface area contributed by atoms with Gasteiger partial charge >= 0.3 is 12.0 Å². The van der Waals surface area contributed by atoms with Crippen LogP contribution in [0.3, 0.4) is 0 Å². The number of hydrogen-bond acceptors (Lipinski definition) is 7. The number of anilines is 1. The number of nitrogens with one attached hydrogen (secondary N) is 1. The Morgan fingerprint density at radius 2 is 1.83 bits per heavy atom. The molecule has 0 aliphatic carbocycles. The number of barbiturate groups is 1. The van der Waals surface area contributed by atoms with E-state index in [9.17, 15) is 24.3 Å². The quantitative estimate of drug-likeness (QED) is 0.440. The van der Waals surface area contributed by atoms with E-state index in [-0.39, 0.29) is 34.7 Å². The lowest BCUT2D eigenvalue weighted by Crippen LogP contribution is -2.54. The summed E-state index contributed by atoms with van der Waals surface area (Å²) < 4.78 is 9.90. The molecule has 1 aliphatic heterocycles. The highest BCUT2D eigenvalue weighted by Crippen LogP contribution is 2.28. The number of rotatable bonds is 5. The second-order valence-corrected chi connectivity index (χ2v) is 6.15. The standard InChI is InChI=1S/C21H18N2O7/c1-3-30-20(27)12-4-7-14(8-5-12)23-19(26)16(18(25)22-21(23)28)10-13-6-9-15(29-2)11-17(13)24/h4-11,24H,3H2,1-2H3,(H,22,25,28)/b16-10+. The molecule has 0 radical (unpaired) electrons. The number of ether oxygens (including phenoxy) is 2. The molecule has 0 saturated carbocycles. The Kier molecular flexibility index (Phi) is 5.82. The fourth-order valence-electron chi connectivity index (χ4n) is 2.78. The van der Waals surface area contributed by atoms with Crippen molar-refractivity contribution in [3.63, 3.8) is 0 Å². The van der Waals surface area contributed by atoms with Crippen LogP contribution < -0.4 is 15.0 Å². The second kappa shape index (κ2) is 8.48. The zero-order valence-electron chi connectivity index (χ0n) is 16.2. The van der Waals surface area contributed by atoms with Crippen LogP contribution in [-0.4, -0.2) is 42.6 Å². The summed E-state index contributed by atoms with van der Waals surface area (Å²) >= 11 is 0. The summed E-state index contributed by atoms with van der Waals surface area (Å²) in [6, 6.07) is 9.01. The number of hydrogen-bond donors (Lipinski definition) is 2. The van der Waals surface area contributed by atoms with Crippen molar-refractivity contribution in [2.45, 2.75) is 6.92 Å². The first-order valence-corrected chi connectivity index (χ1v) is 8.91. The van der Waals surface area contributed by atoms with E-state index < -0.39 is 23.8 Å². The Bertz CT molecular complexity index is 1060. The van der Waals surface area contributed by atoms with Gasteiger partial charge in [0.25, 0.3) is 11.8 Å². The molecular formula is C21H18N2O7. The van der Waals surface area contributed by atoms with Crippen LogP contribution in [-0.2, 0) is 14.3 Å². The number of urea groups is 1. The summed E-state index contributed by atoms with van der Waals surface area (Å²) in [5.41, 5.74) is 0.258. The van der Waals surface area contributed by atoms with E-state index in [0.29, 0.717) is 5.75 Å². The average Bonchev–Trinajstić information content (AvgIpc) is 2.72. The molecule has 3 rings (SSSR count). The van der Waals surface area contributed by atoms with Gasteiger partial charge in [0.05, 0.1) is 25.0 Å². The van der Waals surface area contributed by atoms with Gasteiger partial charge in [0, 0.05) is 11.6 Å². The predicted octanol–water partition coefficient (Wildman–Crippen LogP) is 2.24. The van der Waals surface area contributed by atoms with Crippen LogP contribution in [0, 0.1) is 0 Å². The minimum atomic E-state index is -0.926. The largest absolute Gasteiger partial charge is 0.507 e. The molecule has 0 atom stereocenters. The first-order chi connectivity index (χ1) is 14.3. The van der Waals surface area contributed by atoms with Crippen LogP contribution in [0.15, 0.2) is 48.0 Å². The van der Waals surface area contributed by atoms with Crippen molar-refractivity contribution < 1.29 is 33.8 Å². The monoisotopic (exact) mass is 410 g/mol. The highest BCUT2D eigenvalue weighted by atomic mass is 16.5. The minimum absolute atomic E-state index is 0.155. The Morgan fingerprint density at radius 3 is 2.43 bits per heavy atom. The molecule has 1 fully saturated rings. The smallest absolute Gasteiger partial charge is 0.338 e. The molecule has 1 heterocycles. The third kappa shape index (κ3) is 4.00. The third-order valence-electron chi connectivity index (χ3n) is 4.28. The third-order valence-corrected chi connectivity index (χ3v) is 4.28. The molecule has 9 nitrogen and oxygen atoms in total. The Balaban J connectivity index is 1.94. The van der Waals surface area contributed by atoms with Crippen molar-refractivity contribution in [1.82, 2.24) is 5.32 Å². The molecule has 154 valence electrons. The van der Waals surface area contributed by atoms with Crippen molar-refractivity contribution in [3.05, 3.63) is 59.2 Å². The van der Waals surface area contributed by atoms with Gasteiger partial charge in [-0.3, -0.25) is 14.9 Å². The molecule has 0 unspecified atom stereocenters. The lowest BCUT2D eigenvalue weighted by molar-refractivity contribution is -0.122. The van der Waals surface area contributed by atoms with E-state index >= 15 is 0 Å². The average molecular weight is 410 g/mol. The molecule has 0 bridgehead atoms. The molecule has 0 aromatic heterocycles. The molecule has 1 aliphatic rings. The molecule has 9 heteroatoms. The van der Waals surface area contributed by atoms with Gasteiger partial charge in [-0.1, -0.05) is 0 Å². The van der Waals surface area contributed by atoms with Crippen molar-refractivity contribution in [2.75, 3.05) is 18.6 Å². The van der Waals surface area contributed by atoms with Crippen LogP contribution in [0.5, 0.6) is 11.5 Å². The first-order valence-electron chi connectivity index (χ1n) is 8.91. The van der Waals surface area contributed by atoms with Gasteiger partial charge in [0.2, 0.25) is 0 Å². The summed E-state index contributed by atoms with van der Waals surface area (Å²) in [5, 5.41) is 12.2. The number of carbonyl (C=O) groups excluding carboxylic acids is 4. The summed E-state index contributed by atoms with van der Waals surface area (Å²) in [6.07, 6.45) is 1.18. The number of methoxy groups -OCH3 is 1. The number of nitrogens with zero attached hydrogens (tertiary/aromatic N) is 1. The fraction of sp³-hybridized carbons (Fsp3) is 0.143. The Hall–Kier alpha value is -4.14. The highest BCUT2D eigenvalue weighted by Gasteiger charge is 2.37. The molecule has 2 aromatic rings. The summed E-state index contributed by atoms with van der Waals surface area (Å²) in [5.74, 6) is -2.11. The van der Waals surface area contributed by atoms with E-state index in [4.69, 9.17) is 9.47 Å². The fourth-order valence-corrected chi connectivity index (χ4v) is 2.78. The summed E-state index contributed by atoms with van der Waals surface area (Å²) in [7, 11) is 1.43. The van der Waals surface area contributed by atoms with Crippen LogP contribution in [0.25, 0.3) is 6.08 Å². The second-order valence-electron chi connectivity index (χ2n) is 6.15. The maximum Gasteiger partial charge on any atom is 0.338 e. The topological polar surface area (TPSA) is 122 Å². The summed E-state index contributed by atoms with van der Waals surface area (Å²) in [6.45, 7) is 1.89. The number of phenols is 1. The lowest BCUT2D eigenvalue weighted by atomic mass is 10.1. The predicted molar refractivity (Wildman–Crippen MR) is 106 cm³/mol. The summed E-state index contributed by atoms with van der Waals surface area (Å²) in [4.78, 5) is 49.9. The van der Waals surface area contributed by atoms with Crippen LogP contribution in [0.4, 0.5) is 10.5 Å². The molecule has 2 aromatic carbocycles. The molecule has 4 amide bonds. The van der Waals surface area contributed by atoms with Gasteiger partial charge in [0.1, 0.15) is 17.1 Å². The molecule has 0 spiro atoms. The van der Waals surface area contributed by atoms with E-state index in [2.05, 4.69) is 5.32 Å². The number of benzene rings is 2. The van der Waals surface area contributed by atoms with Crippen molar-refractivity contribution >= 4 is 35.6 Å². The Morgan fingerprint density at radius 1 is 1.13 bits per heavy atom. The minimum Gasteiger partial charge on any atom is -0.507 e. The number of aromatic hydroxyl groups is 1. The van der Waals surface area contributed by atoms with Gasteiger partial charge in [-0.2, -0.15) is 0 Å². The molecular weight excluding hydrogens is 392 g/mol. The van der Waals surface area contributed by atoms with E-state index in [0.717, 1.165) is 4.90 Å². The number of imide groups is 2. The number of carbonyl (C=O) groups is 4. The van der Waals surface area contributed by atoms with Gasteiger partial charge in [-0.05, 0) is 49.4 Å². The highest BCUT2D eigenvalue weighted by molar-refractivity contribution is 6.39. The number of esters is 1. The SMILES string of the molecule is CCOC(=O)c1ccc(N2C(=O)NC(=O)/C(=C\c3ccc(OC)cc3O)C2=O)cc1. The Labute approximate surface area is 171 Å². The van der Waals surface area contributed by atoms with Crippen molar-refractivity contribution in [3.8, 4) is 11.5 Å². The zero-order valence-corrected chi connectivity index (χ0v) is 16.2. The van der Waals surface area contributed by atoms with E-state index in [1.165, 1.54) is 49.6 Å². The number of phenolic OH excluding ortho intramolecular Hbond substituents is 1.